The van der Waals surface area contributed by atoms with Gasteiger partial charge in [-0.25, -0.2) is 12.8 Å². The molecule has 9 heteroatoms. The van der Waals surface area contributed by atoms with Crippen molar-refractivity contribution >= 4 is 33.2 Å². The summed E-state index contributed by atoms with van der Waals surface area (Å²) < 4.78 is 45.1. The molecule has 3 rings (SSSR count). The highest BCUT2D eigenvalue weighted by Gasteiger charge is 2.19. The molecule has 1 N–H and O–H groups in total. The zero-order valence-corrected chi connectivity index (χ0v) is 18.9. The monoisotopic (exact) mass is 476 g/mol. The van der Waals surface area contributed by atoms with Crippen LogP contribution >= 0.6 is 11.6 Å². The molecule has 0 aliphatic heterocycles. The molecule has 3 aromatic carbocycles. The van der Waals surface area contributed by atoms with E-state index >= 15 is 0 Å². The van der Waals surface area contributed by atoms with Gasteiger partial charge in [-0.2, -0.15) is 0 Å². The lowest BCUT2D eigenvalue weighted by atomic mass is 10.2. The van der Waals surface area contributed by atoms with Gasteiger partial charge in [0.25, 0.3) is 5.91 Å². The Hall–Kier alpha value is -3.10. The minimum absolute atomic E-state index is 0.143. The zero-order valence-electron chi connectivity index (χ0n) is 17.3. The molecule has 0 aromatic heterocycles. The van der Waals surface area contributed by atoms with Crippen LogP contribution in [0.15, 0.2) is 72.8 Å². The van der Waals surface area contributed by atoms with E-state index in [0.717, 1.165) is 16.1 Å². The molecule has 0 unspecified atom stereocenters. The van der Waals surface area contributed by atoms with Gasteiger partial charge in [0.15, 0.2) is 6.61 Å². The Morgan fingerprint density at radius 2 is 1.62 bits per heavy atom. The highest BCUT2D eigenvalue weighted by atomic mass is 35.5. The van der Waals surface area contributed by atoms with Crippen molar-refractivity contribution in [2.24, 2.45) is 0 Å². The van der Waals surface area contributed by atoms with Crippen LogP contribution in [0.5, 0.6) is 5.75 Å². The van der Waals surface area contributed by atoms with Crippen molar-refractivity contribution in [3.05, 3.63) is 94.8 Å². The lowest BCUT2D eigenvalue weighted by Crippen LogP contribution is -2.29. The second kappa shape index (κ2) is 10.5. The third-order valence-electron chi connectivity index (χ3n) is 4.60. The molecule has 0 aliphatic rings. The summed E-state index contributed by atoms with van der Waals surface area (Å²) in [6.45, 7) is -0.0782. The normalized spacial score (nSPS) is 11.1. The molecule has 0 aliphatic carbocycles. The first-order chi connectivity index (χ1) is 15.2. The first-order valence-electron chi connectivity index (χ1n) is 9.68. The molecule has 3 aromatic rings. The molecule has 0 saturated carbocycles. The van der Waals surface area contributed by atoms with Gasteiger partial charge >= 0.3 is 0 Å². The number of carbonyl (C=O) groups excluding carboxylic acids is 1. The number of amides is 1. The van der Waals surface area contributed by atoms with Gasteiger partial charge in [0.2, 0.25) is 10.0 Å². The van der Waals surface area contributed by atoms with Gasteiger partial charge in [0.1, 0.15) is 11.6 Å². The summed E-state index contributed by atoms with van der Waals surface area (Å²) in [6.07, 6.45) is 1.06. The van der Waals surface area contributed by atoms with Gasteiger partial charge in [-0.3, -0.25) is 9.10 Å². The summed E-state index contributed by atoms with van der Waals surface area (Å²) in [6, 6.07) is 19.4. The molecular formula is C23H22ClFN2O4S. The van der Waals surface area contributed by atoms with Crippen molar-refractivity contribution in [1.82, 2.24) is 5.32 Å². The summed E-state index contributed by atoms with van der Waals surface area (Å²) in [5, 5.41) is 3.29. The largest absolute Gasteiger partial charge is 0.484 e. The third kappa shape index (κ3) is 6.45. The van der Waals surface area contributed by atoms with E-state index in [0.29, 0.717) is 16.5 Å². The number of carbonyl (C=O) groups is 1. The van der Waals surface area contributed by atoms with Crippen molar-refractivity contribution in [2.75, 3.05) is 17.2 Å². The second-order valence-electron chi connectivity index (χ2n) is 7.01. The quantitative estimate of drug-likeness (QED) is 0.503. The minimum atomic E-state index is -3.66. The molecule has 0 atom stereocenters. The average molecular weight is 477 g/mol. The standard InChI is InChI=1S/C23H22ClFN2O4S/c1-32(29,30)27(15-18-7-3-5-9-22(18)25)19-10-12-20(13-11-19)31-16-23(28)26-14-17-6-2-4-8-21(17)24/h2-13H,14-16H2,1H3,(H,26,28). The van der Waals surface area contributed by atoms with E-state index in [-0.39, 0.29) is 31.2 Å². The van der Waals surface area contributed by atoms with Gasteiger partial charge in [-0.05, 0) is 42.0 Å². The lowest BCUT2D eigenvalue weighted by molar-refractivity contribution is -0.123. The molecule has 1 amide bonds. The van der Waals surface area contributed by atoms with Crippen LogP contribution in [0.1, 0.15) is 11.1 Å². The Bertz CT molecular complexity index is 1190. The van der Waals surface area contributed by atoms with Gasteiger partial charge < -0.3 is 10.1 Å². The number of hydrogen-bond donors (Lipinski definition) is 1. The molecule has 0 fully saturated rings. The van der Waals surface area contributed by atoms with Crippen molar-refractivity contribution in [1.29, 1.82) is 0 Å². The Kier molecular flexibility index (Phi) is 7.71. The third-order valence-corrected chi connectivity index (χ3v) is 6.11. The minimum Gasteiger partial charge on any atom is -0.484 e. The van der Waals surface area contributed by atoms with Crippen LogP contribution in [-0.2, 0) is 27.9 Å². The number of benzene rings is 3. The topological polar surface area (TPSA) is 75.7 Å². The van der Waals surface area contributed by atoms with Crippen LogP contribution in [0, 0.1) is 5.82 Å². The average Bonchev–Trinajstić information content (AvgIpc) is 2.76. The SMILES string of the molecule is CS(=O)(=O)N(Cc1ccccc1F)c1ccc(OCC(=O)NCc2ccccc2Cl)cc1. The molecule has 168 valence electrons. The maximum absolute atomic E-state index is 14.0. The van der Waals surface area contributed by atoms with Crippen molar-refractivity contribution in [3.8, 4) is 5.75 Å². The molecule has 0 saturated heterocycles. The Morgan fingerprint density at radius 3 is 2.25 bits per heavy atom. The molecule has 32 heavy (non-hydrogen) atoms. The number of ether oxygens (including phenoxy) is 1. The maximum Gasteiger partial charge on any atom is 0.258 e. The van der Waals surface area contributed by atoms with E-state index in [1.807, 2.05) is 18.2 Å². The van der Waals surface area contributed by atoms with Crippen molar-refractivity contribution in [2.45, 2.75) is 13.1 Å². The Balaban J connectivity index is 1.61. The van der Waals surface area contributed by atoms with Crippen LogP contribution in [0.3, 0.4) is 0 Å². The molecule has 0 spiro atoms. The number of nitrogens with one attached hydrogen (secondary N) is 1. The smallest absolute Gasteiger partial charge is 0.258 e. The maximum atomic E-state index is 14.0. The zero-order chi connectivity index (χ0) is 23.1. The van der Waals surface area contributed by atoms with Gasteiger partial charge in [0, 0.05) is 17.1 Å². The lowest BCUT2D eigenvalue weighted by Gasteiger charge is -2.23. The Labute approximate surface area is 191 Å². The summed E-state index contributed by atoms with van der Waals surface area (Å²) >= 11 is 6.06. The van der Waals surface area contributed by atoms with Gasteiger partial charge in [0.05, 0.1) is 18.5 Å². The fraction of sp³-hybridized carbons (Fsp3) is 0.174. The number of halogens is 2. The fourth-order valence-electron chi connectivity index (χ4n) is 2.93. The number of hydrogen-bond acceptors (Lipinski definition) is 4. The number of sulfonamides is 1. The predicted octanol–water partition coefficient (Wildman–Crippen LogP) is 4.14. The predicted molar refractivity (Wildman–Crippen MR) is 123 cm³/mol. The molecular weight excluding hydrogens is 455 g/mol. The van der Waals surface area contributed by atoms with E-state index in [9.17, 15) is 17.6 Å². The molecule has 6 nitrogen and oxygen atoms in total. The van der Waals surface area contributed by atoms with Crippen molar-refractivity contribution in [3.63, 3.8) is 0 Å². The van der Waals surface area contributed by atoms with Crippen LogP contribution in [-0.4, -0.2) is 27.2 Å². The van der Waals surface area contributed by atoms with E-state index in [2.05, 4.69) is 5.32 Å². The van der Waals surface area contributed by atoms with E-state index in [1.165, 1.54) is 12.1 Å². The number of anilines is 1. The highest BCUT2D eigenvalue weighted by Crippen LogP contribution is 2.24. The van der Waals surface area contributed by atoms with Crippen molar-refractivity contribution < 1.29 is 22.3 Å². The molecule has 0 heterocycles. The summed E-state index contributed by atoms with van der Waals surface area (Å²) in [4.78, 5) is 12.0. The van der Waals surface area contributed by atoms with E-state index in [1.54, 1.807) is 42.5 Å². The molecule has 0 bridgehead atoms. The number of nitrogens with zero attached hydrogens (tertiary/aromatic N) is 1. The summed E-state index contributed by atoms with van der Waals surface area (Å²) in [5.74, 6) is -0.420. The highest BCUT2D eigenvalue weighted by molar-refractivity contribution is 7.92. The van der Waals surface area contributed by atoms with Crippen LogP contribution in [0.25, 0.3) is 0 Å². The van der Waals surface area contributed by atoms with Gasteiger partial charge in [-0.15, -0.1) is 0 Å². The van der Waals surface area contributed by atoms with E-state index < -0.39 is 15.8 Å². The summed E-state index contributed by atoms with van der Waals surface area (Å²) in [7, 11) is -3.66. The van der Waals surface area contributed by atoms with Crippen LogP contribution in [0.2, 0.25) is 5.02 Å². The Morgan fingerprint density at radius 1 is 1.00 bits per heavy atom. The van der Waals surface area contributed by atoms with Crippen LogP contribution < -0.4 is 14.4 Å². The van der Waals surface area contributed by atoms with Gasteiger partial charge in [-0.1, -0.05) is 48.0 Å². The first-order valence-corrected chi connectivity index (χ1v) is 11.9. The summed E-state index contributed by atoms with van der Waals surface area (Å²) in [5.41, 5.74) is 1.40. The first kappa shape index (κ1) is 23.6. The molecule has 0 radical (unpaired) electrons. The number of rotatable bonds is 9. The fourth-order valence-corrected chi connectivity index (χ4v) is 4.01. The second-order valence-corrected chi connectivity index (χ2v) is 9.33. The van der Waals surface area contributed by atoms with Crippen LogP contribution in [0.4, 0.5) is 10.1 Å². The van der Waals surface area contributed by atoms with E-state index in [4.69, 9.17) is 16.3 Å².